The molecule has 2 saturated heterocycles. The minimum atomic E-state index is -0.459. The first kappa shape index (κ1) is 25.1. The van der Waals surface area contributed by atoms with Crippen LogP contribution in [0, 0.1) is 18.3 Å². The molecule has 0 radical (unpaired) electrons. The third-order valence-electron chi connectivity index (χ3n) is 9.62. The number of nitrogens with one attached hydrogen (secondary N) is 1. The fraction of sp³-hybridized carbons (Fsp3) is 0.655. The van der Waals surface area contributed by atoms with Crippen LogP contribution in [0.2, 0.25) is 0 Å². The number of fused-ring (bicyclic) bond motifs is 4. The topological polar surface area (TPSA) is 68.6 Å². The number of carbonyl (C=O) groups excluding carboxylic acids is 1. The molecule has 2 aromatic rings. The molecule has 4 fully saturated rings. The Labute approximate surface area is 225 Å². The Hall–Kier alpha value is -2.25. The van der Waals surface area contributed by atoms with Crippen LogP contribution < -0.4 is 10.1 Å². The fourth-order valence-corrected chi connectivity index (χ4v) is 7.25. The van der Waals surface area contributed by atoms with Gasteiger partial charge in [0.25, 0.3) is 0 Å². The smallest absolute Gasteiger partial charge is 0.409 e. The number of likely N-dealkylation sites (tertiary alicyclic amines) is 1. The van der Waals surface area contributed by atoms with E-state index in [4.69, 9.17) is 14.5 Å². The van der Waals surface area contributed by atoms with Gasteiger partial charge in [-0.3, -0.25) is 0 Å². The summed E-state index contributed by atoms with van der Waals surface area (Å²) >= 11 is 0. The third-order valence-corrected chi connectivity index (χ3v) is 9.62. The van der Waals surface area contributed by atoms with Crippen LogP contribution >= 0.6 is 12.4 Å². The predicted octanol–water partition coefficient (Wildman–Crippen LogP) is 5.29. The Morgan fingerprint density at radius 1 is 1.16 bits per heavy atom. The molecule has 200 valence electrons. The van der Waals surface area contributed by atoms with Crippen LogP contribution in [0.1, 0.15) is 74.4 Å². The second-order valence-corrected chi connectivity index (χ2v) is 12.2. The molecule has 2 saturated carbocycles. The van der Waals surface area contributed by atoms with E-state index in [2.05, 4.69) is 42.1 Å². The van der Waals surface area contributed by atoms with Gasteiger partial charge in [-0.2, -0.15) is 0 Å². The zero-order chi connectivity index (χ0) is 24.5. The van der Waals surface area contributed by atoms with E-state index in [-0.39, 0.29) is 18.5 Å². The van der Waals surface area contributed by atoms with Crippen molar-refractivity contribution in [2.45, 2.75) is 69.8 Å². The van der Waals surface area contributed by atoms with Gasteiger partial charge in [-0.05, 0) is 87.6 Å². The average molecular weight is 527 g/mol. The lowest BCUT2D eigenvalue weighted by Gasteiger charge is -2.50. The SMILES string of the molecule is Cc1ccc2c(c1)OC1(CCN(C(=O)OCC3CC3)CC1)c1c-2nc(C2CC3(CCNCC3)C2)n1C.Cl. The normalized spacial score (nSPS) is 23.5. The van der Waals surface area contributed by atoms with Crippen molar-refractivity contribution in [3.63, 3.8) is 0 Å². The summed E-state index contributed by atoms with van der Waals surface area (Å²) in [5.74, 6) is 3.24. The Balaban J connectivity index is 0.00000252. The summed E-state index contributed by atoms with van der Waals surface area (Å²) in [6, 6.07) is 6.48. The summed E-state index contributed by atoms with van der Waals surface area (Å²) in [7, 11) is 2.19. The lowest BCUT2D eigenvalue weighted by molar-refractivity contribution is -0.0115. The van der Waals surface area contributed by atoms with Gasteiger partial charge in [0.2, 0.25) is 0 Å². The standard InChI is InChI=1S/C29H38N4O3.ClH/c1-19-3-6-22-23(15-19)36-29(9-13-33(14-10-29)27(34)35-18-20-4-5-20)25-24(22)31-26(32(25)2)21-16-28(17-21)7-11-30-12-8-28;/h3,6,15,20-21,30H,4-5,7-14,16-18H2,1-2H3;1H. The number of aryl methyl sites for hydroxylation is 1. The Morgan fingerprint density at radius 3 is 2.59 bits per heavy atom. The lowest BCUT2D eigenvalue weighted by Crippen LogP contribution is -2.50. The van der Waals surface area contributed by atoms with Crippen molar-refractivity contribution >= 4 is 18.5 Å². The summed E-state index contributed by atoms with van der Waals surface area (Å²) in [6.07, 6.45) is 8.78. The number of imidazole rings is 1. The molecule has 1 amide bonds. The minimum Gasteiger partial charge on any atom is -0.480 e. The molecule has 1 N–H and O–H groups in total. The zero-order valence-electron chi connectivity index (χ0n) is 22.1. The van der Waals surface area contributed by atoms with Crippen LogP contribution in [0.3, 0.4) is 0 Å². The van der Waals surface area contributed by atoms with Crippen molar-refractivity contribution in [1.82, 2.24) is 19.8 Å². The summed E-state index contributed by atoms with van der Waals surface area (Å²) in [5.41, 5.74) is 4.63. The van der Waals surface area contributed by atoms with Crippen molar-refractivity contribution < 1.29 is 14.3 Å². The maximum atomic E-state index is 12.7. The van der Waals surface area contributed by atoms with Gasteiger partial charge in [0.1, 0.15) is 11.6 Å². The number of hydrogen-bond donors (Lipinski definition) is 1. The second kappa shape index (κ2) is 9.19. The van der Waals surface area contributed by atoms with E-state index in [0.29, 0.717) is 36.9 Å². The number of carbonyl (C=O) groups is 1. The van der Waals surface area contributed by atoms with Crippen molar-refractivity contribution in [1.29, 1.82) is 0 Å². The van der Waals surface area contributed by atoms with Gasteiger partial charge in [0, 0.05) is 44.5 Å². The number of aromatic nitrogens is 2. The Bertz CT molecular complexity index is 1180. The van der Waals surface area contributed by atoms with Crippen LogP contribution in [0.4, 0.5) is 4.79 Å². The van der Waals surface area contributed by atoms with Crippen LogP contribution in [0.25, 0.3) is 11.3 Å². The number of benzene rings is 1. The molecular formula is C29H39ClN4O3. The highest BCUT2D eigenvalue weighted by Gasteiger charge is 2.51. The van der Waals surface area contributed by atoms with Crippen LogP contribution in [-0.2, 0) is 17.4 Å². The minimum absolute atomic E-state index is 0. The van der Waals surface area contributed by atoms with Crippen molar-refractivity contribution in [3.8, 4) is 17.0 Å². The van der Waals surface area contributed by atoms with Crippen LogP contribution in [-0.4, -0.2) is 53.3 Å². The number of amides is 1. The Kier molecular flexibility index (Phi) is 6.22. The quantitative estimate of drug-likeness (QED) is 0.588. The van der Waals surface area contributed by atoms with Crippen molar-refractivity contribution in [3.05, 3.63) is 35.3 Å². The largest absolute Gasteiger partial charge is 0.480 e. The van der Waals surface area contributed by atoms with E-state index in [9.17, 15) is 4.79 Å². The third kappa shape index (κ3) is 4.22. The highest BCUT2D eigenvalue weighted by molar-refractivity contribution is 5.85. The van der Waals surface area contributed by atoms with E-state index in [1.165, 1.54) is 55.6 Å². The molecule has 3 aliphatic heterocycles. The van der Waals surface area contributed by atoms with Gasteiger partial charge < -0.3 is 24.3 Å². The van der Waals surface area contributed by atoms with Gasteiger partial charge in [0.15, 0.2) is 5.60 Å². The molecule has 8 heteroatoms. The predicted molar refractivity (Wildman–Crippen MR) is 144 cm³/mol. The first-order valence-electron chi connectivity index (χ1n) is 13.9. The van der Waals surface area contributed by atoms with E-state index in [0.717, 1.165) is 42.9 Å². The molecule has 0 atom stereocenters. The molecule has 7 nitrogen and oxygen atoms in total. The number of halogens is 1. The van der Waals surface area contributed by atoms with Gasteiger partial charge in [-0.15, -0.1) is 12.4 Å². The molecule has 0 bridgehead atoms. The number of piperidine rings is 2. The van der Waals surface area contributed by atoms with E-state index >= 15 is 0 Å². The van der Waals surface area contributed by atoms with Crippen LogP contribution in [0.15, 0.2) is 18.2 Å². The summed E-state index contributed by atoms with van der Waals surface area (Å²) in [4.78, 5) is 19.9. The number of rotatable bonds is 3. The number of hydrogen-bond acceptors (Lipinski definition) is 5. The van der Waals surface area contributed by atoms with Crippen molar-refractivity contribution in [2.24, 2.45) is 18.4 Å². The number of nitrogens with zero attached hydrogens (tertiary/aromatic N) is 3. The number of ether oxygens (including phenoxy) is 2. The van der Waals surface area contributed by atoms with Crippen LogP contribution in [0.5, 0.6) is 5.75 Å². The van der Waals surface area contributed by atoms with Crippen molar-refractivity contribution in [2.75, 3.05) is 32.8 Å². The Morgan fingerprint density at radius 2 is 1.89 bits per heavy atom. The highest BCUT2D eigenvalue weighted by Crippen LogP contribution is 2.57. The lowest BCUT2D eigenvalue weighted by atomic mass is 9.57. The van der Waals surface area contributed by atoms with E-state index < -0.39 is 5.60 Å². The monoisotopic (exact) mass is 526 g/mol. The summed E-state index contributed by atoms with van der Waals surface area (Å²) in [5, 5.41) is 3.52. The maximum absolute atomic E-state index is 12.7. The van der Waals surface area contributed by atoms with Gasteiger partial charge >= 0.3 is 6.09 Å². The molecule has 1 aromatic carbocycles. The molecule has 7 rings (SSSR count). The molecule has 5 aliphatic rings. The fourth-order valence-electron chi connectivity index (χ4n) is 7.25. The summed E-state index contributed by atoms with van der Waals surface area (Å²) in [6.45, 7) is 6.26. The molecule has 37 heavy (non-hydrogen) atoms. The van der Waals surface area contributed by atoms with E-state index in [1.54, 1.807) is 0 Å². The molecule has 2 aliphatic carbocycles. The maximum Gasteiger partial charge on any atom is 0.409 e. The molecular weight excluding hydrogens is 488 g/mol. The zero-order valence-corrected chi connectivity index (χ0v) is 22.9. The highest BCUT2D eigenvalue weighted by atomic mass is 35.5. The molecule has 1 aromatic heterocycles. The van der Waals surface area contributed by atoms with Gasteiger partial charge in [-0.1, -0.05) is 6.07 Å². The molecule has 2 spiro atoms. The second-order valence-electron chi connectivity index (χ2n) is 12.2. The first-order valence-corrected chi connectivity index (χ1v) is 13.9. The molecule has 0 unspecified atom stereocenters. The van der Waals surface area contributed by atoms with E-state index in [1.807, 2.05) is 4.90 Å². The average Bonchev–Trinajstić information content (AvgIpc) is 3.63. The molecule has 4 heterocycles. The summed E-state index contributed by atoms with van der Waals surface area (Å²) < 4.78 is 14.8. The van der Waals surface area contributed by atoms with Gasteiger partial charge in [-0.25, -0.2) is 9.78 Å². The van der Waals surface area contributed by atoms with Gasteiger partial charge in [0.05, 0.1) is 18.0 Å². The first-order chi connectivity index (χ1) is 17.5.